The summed E-state index contributed by atoms with van der Waals surface area (Å²) in [6.45, 7) is 3.04. The Morgan fingerprint density at radius 1 is 1.22 bits per heavy atom. The number of hydrogen-bond donors (Lipinski definition) is 1. The van der Waals surface area contributed by atoms with Crippen LogP contribution in [0.5, 0.6) is 0 Å². The number of hydrogen-bond acceptors (Lipinski definition) is 5. The van der Waals surface area contributed by atoms with Gasteiger partial charge < -0.3 is 19.6 Å². The molecule has 2 aliphatic rings. The Hall–Kier alpha value is -1.86. The largest absolute Gasteiger partial charge is 0.481 e. The number of carboxylic acid groups (broad SMARTS) is 1. The summed E-state index contributed by atoms with van der Waals surface area (Å²) in [5.74, 6) is 0.0259. The van der Waals surface area contributed by atoms with E-state index in [9.17, 15) is 9.59 Å². The van der Waals surface area contributed by atoms with Gasteiger partial charge in [-0.2, -0.15) is 0 Å². The molecule has 0 aliphatic carbocycles. The van der Waals surface area contributed by atoms with Gasteiger partial charge in [-0.15, -0.1) is 0 Å². The van der Waals surface area contributed by atoms with Crippen molar-refractivity contribution in [2.24, 2.45) is 5.92 Å². The van der Waals surface area contributed by atoms with Crippen LogP contribution in [0.15, 0.2) is 18.3 Å². The maximum atomic E-state index is 13.1. The fourth-order valence-corrected chi connectivity index (χ4v) is 3.94. The zero-order valence-corrected chi connectivity index (χ0v) is 16.1. The van der Waals surface area contributed by atoms with Gasteiger partial charge in [0.05, 0.1) is 11.4 Å². The number of aliphatic carboxylic acids is 1. The number of carbonyl (C=O) groups is 2. The van der Waals surface area contributed by atoms with E-state index in [-0.39, 0.29) is 30.8 Å². The van der Waals surface area contributed by atoms with Crippen molar-refractivity contribution in [2.75, 3.05) is 37.7 Å². The van der Waals surface area contributed by atoms with E-state index < -0.39 is 5.97 Å². The molecule has 1 aromatic rings. The summed E-state index contributed by atoms with van der Waals surface area (Å²) < 4.78 is 5.39. The van der Waals surface area contributed by atoms with Crippen molar-refractivity contribution >= 4 is 29.3 Å². The number of ether oxygens (including phenoxy) is 1. The minimum absolute atomic E-state index is 0.0172. The summed E-state index contributed by atoms with van der Waals surface area (Å²) in [6, 6.07) is 3.80. The molecule has 1 amide bonds. The first-order valence-corrected chi connectivity index (χ1v) is 9.89. The number of anilines is 1. The first kappa shape index (κ1) is 19.9. The van der Waals surface area contributed by atoms with Gasteiger partial charge in [0, 0.05) is 51.0 Å². The second-order valence-corrected chi connectivity index (χ2v) is 7.55. The van der Waals surface area contributed by atoms with Crippen molar-refractivity contribution < 1.29 is 19.4 Å². The molecule has 3 rings (SSSR count). The number of pyridine rings is 1. The summed E-state index contributed by atoms with van der Waals surface area (Å²) in [4.78, 5) is 32.5. The quantitative estimate of drug-likeness (QED) is 0.796. The van der Waals surface area contributed by atoms with Gasteiger partial charge in [0.2, 0.25) is 5.91 Å². The molecule has 2 aliphatic heterocycles. The Morgan fingerprint density at radius 3 is 2.52 bits per heavy atom. The molecule has 0 atom stereocenters. The van der Waals surface area contributed by atoms with Gasteiger partial charge in [0.25, 0.3) is 0 Å². The summed E-state index contributed by atoms with van der Waals surface area (Å²) in [7, 11) is 0. The van der Waals surface area contributed by atoms with Crippen LogP contribution >= 0.6 is 11.6 Å². The lowest BCUT2D eigenvalue weighted by atomic mass is 9.93. The lowest BCUT2D eigenvalue weighted by Gasteiger charge is -2.39. The predicted octanol–water partition coefficient (Wildman–Crippen LogP) is 2.43. The van der Waals surface area contributed by atoms with E-state index in [4.69, 9.17) is 21.4 Å². The number of aromatic nitrogens is 1. The maximum Gasteiger partial charge on any atom is 0.305 e. The molecule has 7 nitrogen and oxygen atoms in total. The SMILES string of the molecule is O=C(O)CCN(C(=O)C1CCN(c2ccc(Cl)cn2)CC1)C1CCOCC1. The molecule has 0 spiro atoms. The molecule has 2 fully saturated rings. The monoisotopic (exact) mass is 395 g/mol. The fraction of sp³-hybridized carbons (Fsp3) is 0.632. The third kappa shape index (κ3) is 5.32. The third-order valence-electron chi connectivity index (χ3n) is 5.36. The van der Waals surface area contributed by atoms with Gasteiger partial charge in [-0.3, -0.25) is 9.59 Å². The number of carboxylic acids is 1. The van der Waals surface area contributed by atoms with Crippen LogP contribution in [0.3, 0.4) is 0 Å². The lowest BCUT2D eigenvalue weighted by molar-refractivity contribution is -0.143. The highest BCUT2D eigenvalue weighted by Crippen LogP contribution is 2.26. The number of amides is 1. The highest BCUT2D eigenvalue weighted by Gasteiger charge is 2.33. The van der Waals surface area contributed by atoms with Crippen molar-refractivity contribution in [3.8, 4) is 0 Å². The van der Waals surface area contributed by atoms with E-state index in [2.05, 4.69) is 9.88 Å². The Labute approximate surface area is 164 Å². The fourth-order valence-electron chi connectivity index (χ4n) is 3.83. The summed E-state index contributed by atoms with van der Waals surface area (Å²) in [6.07, 6.45) is 4.66. The smallest absolute Gasteiger partial charge is 0.305 e. The standard InChI is InChI=1S/C19H26ClN3O4/c20-15-1-2-17(21-13-15)22-8-3-14(4-9-22)19(26)23(10-5-18(24)25)16-6-11-27-12-7-16/h1-2,13-14,16H,3-12H2,(H,24,25). The molecular weight excluding hydrogens is 370 g/mol. The van der Waals surface area contributed by atoms with Crippen molar-refractivity contribution in [2.45, 2.75) is 38.1 Å². The van der Waals surface area contributed by atoms with Crippen molar-refractivity contribution in [1.29, 1.82) is 0 Å². The molecule has 2 saturated heterocycles. The van der Waals surface area contributed by atoms with Crippen LogP contribution in [0.4, 0.5) is 5.82 Å². The van der Waals surface area contributed by atoms with E-state index in [1.165, 1.54) is 0 Å². The van der Waals surface area contributed by atoms with Gasteiger partial charge in [0.1, 0.15) is 5.82 Å². The van der Waals surface area contributed by atoms with Crippen LogP contribution in [0.25, 0.3) is 0 Å². The topological polar surface area (TPSA) is 83.0 Å². The van der Waals surface area contributed by atoms with Crippen molar-refractivity contribution in [3.05, 3.63) is 23.4 Å². The Kier molecular flexibility index (Phi) is 6.90. The summed E-state index contributed by atoms with van der Waals surface area (Å²) >= 11 is 5.89. The zero-order valence-electron chi connectivity index (χ0n) is 15.3. The van der Waals surface area contributed by atoms with E-state index in [0.717, 1.165) is 44.6 Å². The maximum absolute atomic E-state index is 13.1. The molecule has 0 saturated carbocycles. The number of piperidine rings is 1. The molecular formula is C19H26ClN3O4. The van der Waals surface area contributed by atoms with Gasteiger partial charge in [-0.1, -0.05) is 11.6 Å². The second-order valence-electron chi connectivity index (χ2n) is 7.11. The van der Waals surface area contributed by atoms with Crippen LogP contribution < -0.4 is 4.90 Å². The van der Waals surface area contributed by atoms with Crippen LogP contribution in [-0.4, -0.2) is 65.8 Å². The van der Waals surface area contributed by atoms with Crippen LogP contribution in [-0.2, 0) is 14.3 Å². The molecule has 27 heavy (non-hydrogen) atoms. The minimum Gasteiger partial charge on any atom is -0.481 e. The van der Waals surface area contributed by atoms with Gasteiger partial charge in [0.15, 0.2) is 0 Å². The van der Waals surface area contributed by atoms with Gasteiger partial charge in [-0.05, 0) is 37.8 Å². The molecule has 8 heteroatoms. The minimum atomic E-state index is -0.872. The second kappa shape index (κ2) is 9.37. The number of nitrogens with zero attached hydrogens (tertiary/aromatic N) is 3. The Balaban J connectivity index is 1.60. The van der Waals surface area contributed by atoms with Crippen molar-refractivity contribution in [1.82, 2.24) is 9.88 Å². The first-order chi connectivity index (χ1) is 13.0. The van der Waals surface area contributed by atoms with Crippen molar-refractivity contribution in [3.63, 3.8) is 0 Å². The highest BCUT2D eigenvalue weighted by molar-refractivity contribution is 6.30. The molecule has 0 aromatic carbocycles. The van der Waals surface area contributed by atoms with E-state index in [1.54, 1.807) is 11.1 Å². The van der Waals surface area contributed by atoms with Crippen LogP contribution in [0.1, 0.15) is 32.1 Å². The van der Waals surface area contributed by atoms with E-state index >= 15 is 0 Å². The first-order valence-electron chi connectivity index (χ1n) is 9.51. The van der Waals surface area contributed by atoms with Gasteiger partial charge >= 0.3 is 5.97 Å². The van der Waals surface area contributed by atoms with Crippen LogP contribution in [0.2, 0.25) is 5.02 Å². The molecule has 148 valence electrons. The molecule has 0 unspecified atom stereocenters. The third-order valence-corrected chi connectivity index (χ3v) is 5.58. The molecule has 1 aromatic heterocycles. The Morgan fingerprint density at radius 2 is 1.93 bits per heavy atom. The average Bonchev–Trinajstić information content (AvgIpc) is 2.69. The predicted molar refractivity (Wildman–Crippen MR) is 102 cm³/mol. The average molecular weight is 396 g/mol. The van der Waals surface area contributed by atoms with Crippen LogP contribution in [0, 0.1) is 5.92 Å². The zero-order chi connectivity index (χ0) is 19.2. The molecule has 1 N–H and O–H groups in total. The normalized spacial score (nSPS) is 19.1. The Bertz CT molecular complexity index is 641. The number of rotatable bonds is 6. The molecule has 3 heterocycles. The number of carbonyl (C=O) groups excluding carboxylic acids is 1. The van der Waals surface area contributed by atoms with E-state index in [1.807, 2.05) is 12.1 Å². The molecule has 0 radical (unpaired) electrons. The summed E-state index contributed by atoms with van der Waals surface area (Å²) in [5.41, 5.74) is 0. The van der Waals surface area contributed by atoms with E-state index in [0.29, 0.717) is 18.2 Å². The lowest BCUT2D eigenvalue weighted by Crippen LogP contribution is -2.49. The highest BCUT2D eigenvalue weighted by atomic mass is 35.5. The summed E-state index contributed by atoms with van der Waals surface area (Å²) in [5, 5.41) is 9.65. The molecule has 0 bridgehead atoms. The number of halogens is 1. The van der Waals surface area contributed by atoms with Gasteiger partial charge in [-0.25, -0.2) is 4.98 Å².